The molecule has 3 nitrogen and oxygen atoms in total. The molecule has 0 aliphatic carbocycles. The van der Waals surface area contributed by atoms with Gasteiger partial charge in [-0.2, -0.15) is 0 Å². The van der Waals surface area contributed by atoms with Crippen LogP contribution in [0, 0.1) is 11.8 Å². The predicted octanol–water partition coefficient (Wildman–Crippen LogP) is 2.27. The van der Waals surface area contributed by atoms with Crippen LogP contribution in [0.2, 0.25) is 0 Å². The van der Waals surface area contributed by atoms with Crippen molar-refractivity contribution < 1.29 is 4.79 Å². The average molecular weight is 240 g/mol. The van der Waals surface area contributed by atoms with E-state index < -0.39 is 0 Å². The molecule has 1 aliphatic rings. The summed E-state index contributed by atoms with van der Waals surface area (Å²) in [6.45, 7) is 14.5. The standard InChI is InChI=1S/C14H28N2O/c1-10(2)7-12-8-15-14(5,6)9-16(12)13(17)11(3)4/h10-12,15H,7-9H2,1-6H3. The van der Waals surface area contributed by atoms with Crippen LogP contribution in [0.3, 0.4) is 0 Å². The summed E-state index contributed by atoms with van der Waals surface area (Å²) in [5, 5.41) is 3.54. The molecule has 0 saturated carbocycles. The zero-order valence-corrected chi connectivity index (χ0v) is 12.2. The SMILES string of the molecule is CC(C)CC1CNC(C)(C)CN1C(=O)C(C)C. The zero-order valence-electron chi connectivity index (χ0n) is 12.2. The van der Waals surface area contributed by atoms with Gasteiger partial charge in [0.05, 0.1) is 0 Å². The van der Waals surface area contributed by atoms with E-state index in [9.17, 15) is 4.79 Å². The molecule has 3 heteroatoms. The number of carbonyl (C=O) groups excluding carboxylic acids is 1. The van der Waals surface area contributed by atoms with Crippen LogP contribution in [0.15, 0.2) is 0 Å². The highest BCUT2D eigenvalue weighted by Crippen LogP contribution is 2.21. The third kappa shape index (κ3) is 3.98. The second-order valence-electron chi connectivity index (χ2n) is 6.67. The van der Waals surface area contributed by atoms with Gasteiger partial charge in [0.1, 0.15) is 0 Å². The molecule has 0 radical (unpaired) electrons. The van der Waals surface area contributed by atoms with Gasteiger partial charge >= 0.3 is 0 Å². The maximum Gasteiger partial charge on any atom is 0.225 e. The number of carbonyl (C=O) groups is 1. The van der Waals surface area contributed by atoms with E-state index in [-0.39, 0.29) is 11.5 Å². The first kappa shape index (κ1) is 14.5. The van der Waals surface area contributed by atoms with Crippen molar-refractivity contribution in [2.75, 3.05) is 13.1 Å². The fraction of sp³-hybridized carbons (Fsp3) is 0.929. The van der Waals surface area contributed by atoms with Crippen LogP contribution in [0.5, 0.6) is 0 Å². The van der Waals surface area contributed by atoms with Crippen molar-refractivity contribution in [2.45, 2.75) is 59.5 Å². The molecule has 100 valence electrons. The maximum absolute atomic E-state index is 12.3. The summed E-state index contributed by atoms with van der Waals surface area (Å²) in [7, 11) is 0. The number of hydrogen-bond donors (Lipinski definition) is 1. The fourth-order valence-corrected chi connectivity index (χ4v) is 2.46. The summed E-state index contributed by atoms with van der Waals surface area (Å²) in [5.41, 5.74) is 0.0397. The number of rotatable bonds is 3. The van der Waals surface area contributed by atoms with Crippen molar-refractivity contribution in [1.82, 2.24) is 10.2 Å². The molecule has 1 rings (SSSR count). The lowest BCUT2D eigenvalue weighted by Crippen LogP contribution is -2.63. The molecule has 0 aromatic rings. The van der Waals surface area contributed by atoms with Gasteiger partial charge in [-0.05, 0) is 26.2 Å². The minimum atomic E-state index is 0.0397. The summed E-state index contributed by atoms with van der Waals surface area (Å²) in [4.78, 5) is 14.4. The molecule has 1 aliphatic heterocycles. The largest absolute Gasteiger partial charge is 0.336 e. The summed E-state index contributed by atoms with van der Waals surface area (Å²) in [6, 6.07) is 0.359. The van der Waals surface area contributed by atoms with E-state index in [0.717, 1.165) is 19.5 Å². The third-order valence-corrected chi connectivity index (χ3v) is 3.34. The Balaban J connectivity index is 2.78. The smallest absolute Gasteiger partial charge is 0.225 e. The number of nitrogens with zero attached hydrogens (tertiary/aromatic N) is 1. The van der Waals surface area contributed by atoms with Gasteiger partial charge in [-0.15, -0.1) is 0 Å². The van der Waals surface area contributed by atoms with Gasteiger partial charge in [0.25, 0.3) is 0 Å². The van der Waals surface area contributed by atoms with E-state index in [1.807, 2.05) is 13.8 Å². The summed E-state index contributed by atoms with van der Waals surface area (Å²) >= 11 is 0. The zero-order chi connectivity index (χ0) is 13.2. The van der Waals surface area contributed by atoms with Gasteiger partial charge in [0.2, 0.25) is 5.91 Å². The van der Waals surface area contributed by atoms with Crippen molar-refractivity contribution in [3.63, 3.8) is 0 Å². The first-order valence-electron chi connectivity index (χ1n) is 6.78. The Kier molecular flexibility index (Phi) is 4.59. The molecule has 1 N–H and O–H groups in total. The number of piperazine rings is 1. The van der Waals surface area contributed by atoms with E-state index in [0.29, 0.717) is 17.9 Å². The van der Waals surface area contributed by atoms with Crippen LogP contribution in [0.1, 0.15) is 48.0 Å². The molecule has 17 heavy (non-hydrogen) atoms. The number of nitrogens with one attached hydrogen (secondary N) is 1. The van der Waals surface area contributed by atoms with Crippen molar-refractivity contribution in [2.24, 2.45) is 11.8 Å². The molecule has 0 bridgehead atoms. The van der Waals surface area contributed by atoms with Crippen molar-refractivity contribution in [3.05, 3.63) is 0 Å². The molecule has 0 aromatic carbocycles. The van der Waals surface area contributed by atoms with Crippen molar-refractivity contribution in [3.8, 4) is 0 Å². The van der Waals surface area contributed by atoms with E-state index in [1.165, 1.54) is 0 Å². The lowest BCUT2D eigenvalue weighted by molar-refractivity contribution is -0.140. The Hall–Kier alpha value is -0.570. The number of amides is 1. The van der Waals surface area contributed by atoms with Crippen molar-refractivity contribution in [1.29, 1.82) is 0 Å². The molecule has 0 spiro atoms. The minimum Gasteiger partial charge on any atom is -0.336 e. The van der Waals surface area contributed by atoms with E-state index in [2.05, 4.69) is 37.9 Å². The molecule has 1 unspecified atom stereocenters. The molecule has 1 amide bonds. The minimum absolute atomic E-state index is 0.0397. The van der Waals surface area contributed by atoms with Gasteiger partial charge in [0, 0.05) is 30.6 Å². The Morgan fingerprint density at radius 1 is 1.35 bits per heavy atom. The second-order valence-corrected chi connectivity index (χ2v) is 6.67. The topological polar surface area (TPSA) is 32.3 Å². The normalized spacial score (nSPS) is 24.5. The first-order valence-corrected chi connectivity index (χ1v) is 6.78. The van der Waals surface area contributed by atoms with Crippen molar-refractivity contribution >= 4 is 5.91 Å². The molecular formula is C14H28N2O. The molecular weight excluding hydrogens is 212 g/mol. The highest BCUT2D eigenvalue weighted by molar-refractivity contribution is 5.78. The predicted molar refractivity (Wildman–Crippen MR) is 71.9 cm³/mol. The Morgan fingerprint density at radius 3 is 2.41 bits per heavy atom. The lowest BCUT2D eigenvalue weighted by Gasteiger charge is -2.46. The summed E-state index contributed by atoms with van der Waals surface area (Å²) < 4.78 is 0. The second kappa shape index (κ2) is 5.38. The quantitative estimate of drug-likeness (QED) is 0.821. The maximum atomic E-state index is 12.3. The highest BCUT2D eigenvalue weighted by Gasteiger charge is 2.35. The Morgan fingerprint density at radius 2 is 1.94 bits per heavy atom. The van der Waals surface area contributed by atoms with Crippen LogP contribution in [-0.2, 0) is 4.79 Å². The Labute approximate surface area is 106 Å². The molecule has 1 atom stereocenters. The van der Waals surface area contributed by atoms with Gasteiger partial charge < -0.3 is 10.2 Å². The van der Waals surface area contributed by atoms with Crippen LogP contribution in [0.4, 0.5) is 0 Å². The number of hydrogen-bond acceptors (Lipinski definition) is 2. The lowest BCUT2D eigenvalue weighted by atomic mass is 9.93. The average Bonchev–Trinajstić information content (AvgIpc) is 2.18. The van der Waals surface area contributed by atoms with E-state index in [4.69, 9.17) is 0 Å². The monoisotopic (exact) mass is 240 g/mol. The third-order valence-electron chi connectivity index (χ3n) is 3.34. The van der Waals surface area contributed by atoms with E-state index >= 15 is 0 Å². The summed E-state index contributed by atoms with van der Waals surface area (Å²) in [6.07, 6.45) is 1.08. The van der Waals surface area contributed by atoms with Crippen LogP contribution in [0.25, 0.3) is 0 Å². The Bertz CT molecular complexity index is 271. The van der Waals surface area contributed by atoms with Crippen LogP contribution >= 0.6 is 0 Å². The molecule has 1 saturated heterocycles. The summed E-state index contributed by atoms with van der Waals surface area (Å²) in [5.74, 6) is 1.02. The first-order chi connectivity index (χ1) is 7.73. The van der Waals surface area contributed by atoms with Gasteiger partial charge in [-0.3, -0.25) is 4.79 Å². The van der Waals surface area contributed by atoms with Crippen LogP contribution in [-0.4, -0.2) is 35.5 Å². The fourth-order valence-electron chi connectivity index (χ4n) is 2.46. The van der Waals surface area contributed by atoms with E-state index in [1.54, 1.807) is 0 Å². The molecule has 1 fully saturated rings. The highest BCUT2D eigenvalue weighted by atomic mass is 16.2. The molecule has 1 heterocycles. The van der Waals surface area contributed by atoms with Gasteiger partial charge in [-0.25, -0.2) is 0 Å². The molecule has 0 aromatic heterocycles. The van der Waals surface area contributed by atoms with Crippen LogP contribution < -0.4 is 5.32 Å². The van der Waals surface area contributed by atoms with Gasteiger partial charge in [0.15, 0.2) is 0 Å². The van der Waals surface area contributed by atoms with Gasteiger partial charge in [-0.1, -0.05) is 27.7 Å².